The molecule has 0 saturated carbocycles. The van der Waals surface area contributed by atoms with E-state index in [4.69, 9.17) is 0 Å². The highest BCUT2D eigenvalue weighted by molar-refractivity contribution is 7.90. The maximum absolute atomic E-state index is 13.2. The summed E-state index contributed by atoms with van der Waals surface area (Å²) in [4.78, 5) is 19.9. The predicted octanol–water partition coefficient (Wildman–Crippen LogP) is 2.49. The van der Waals surface area contributed by atoms with Gasteiger partial charge >= 0.3 is 0 Å². The second-order valence-electron chi connectivity index (χ2n) is 8.40. The number of aryl methyl sites for hydroxylation is 1. The molecule has 2 aromatic carbocycles. The Morgan fingerprint density at radius 2 is 1.76 bits per heavy atom. The number of nitrogens with one attached hydrogen (secondary N) is 1. The number of sulfonamides is 1. The van der Waals surface area contributed by atoms with Gasteiger partial charge < -0.3 is 14.8 Å². The van der Waals surface area contributed by atoms with Crippen LogP contribution in [0.25, 0.3) is 0 Å². The lowest BCUT2D eigenvalue weighted by atomic mass is 9.94. The molecule has 1 aromatic heterocycles. The van der Waals surface area contributed by atoms with Gasteiger partial charge in [-0.2, -0.15) is 8.42 Å². The lowest BCUT2D eigenvalue weighted by molar-refractivity contribution is -0.126. The van der Waals surface area contributed by atoms with Crippen molar-refractivity contribution >= 4 is 21.8 Å². The molecule has 0 radical (unpaired) electrons. The number of carbonyl (C=O) groups is 1. The van der Waals surface area contributed by atoms with Gasteiger partial charge in [-0.05, 0) is 30.5 Å². The van der Waals surface area contributed by atoms with Gasteiger partial charge in [0.15, 0.2) is 5.84 Å². The molecule has 33 heavy (non-hydrogen) atoms. The number of likely N-dealkylation sites (tertiary alicyclic amines) is 1. The maximum Gasteiger partial charge on any atom is 0.285 e. The van der Waals surface area contributed by atoms with E-state index in [0.717, 1.165) is 11.4 Å². The summed E-state index contributed by atoms with van der Waals surface area (Å²) in [5.74, 6) is 1.07. The van der Waals surface area contributed by atoms with Gasteiger partial charge in [0.25, 0.3) is 10.0 Å². The third-order valence-corrected chi connectivity index (χ3v) is 7.64. The zero-order chi connectivity index (χ0) is 23.0. The predicted molar refractivity (Wildman–Crippen MR) is 124 cm³/mol. The minimum Gasteiger partial charge on any atom is -0.355 e. The molecule has 0 aliphatic carbocycles. The number of amidine groups is 1. The van der Waals surface area contributed by atoms with Crippen LogP contribution in [0, 0.1) is 5.92 Å². The lowest BCUT2D eigenvalue weighted by Crippen LogP contribution is -2.44. The zero-order valence-corrected chi connectivity index (χ0v) is 19.1. The molecular formula is C24H25N5O3S. The number of aromatic nitrogens is 2. The van der Waals surface area contributed by atoms with E-state index < -0.39 is 10.0 Å². The number of nitrogens with zero attached hydrogens (tertiary/aromatic N) is 4. The van der Waals surface area contributed by atoms with Gasteiger partial charge in [0.2, 0.25) is 5.91 Å². The summed E-state index contributed by atoms with van der Waals surface area (Å²) in [5.41, 5.74) is 1.61. The summed E-state index contributed by atoms with van der Waals surface area (Å²) >= 11 is 0. The lowest BCUT2D eigenvalue weighted by Gasteiger charge is -2.33. The number of fused-ring (bicyclic) bond motifs is 1. The molecule has 1 saturated heterocycles. The van der Waals surface area contributed by atoms with Gasteiger partial charge in [-0.25, -0.2) is 4.98 Å². The van der Waals surface area contributed by atoms with Crippen LogP contribution in [0.2, 0.25) is 0 Å². The molecule has 0 spiro atoms. The number of rotatable bonds is 4. The maximum atomic E-state index is 13.2. The molecule has 8 nitrogen and oxygen atoms in total. The first-order chi connectivity index (χ1) is 15.9. The standard InChI is InChI=1S/C24H25N5O3S/c1-28-16-13-25-23(28)21(17-7-3-2-4-8-17)26-24(30)18-11-14-29(15-12-18)22-19-9-5-6-10-20(19)33(31,32)27-22/h2-10,13,16,18,21H,11-12,14-15H2,1H3,(H,26,30). The van der Waals surface area contributed by atoms with Gasteiger partial charge in [0.1, 0.15) is 16.8 Å². The molecule has 1 unspecified atom stereocenters. The van der Waals surface area contributed by atoms with Crippen molar-refractivity contribution in [1.29, 1.82) is 0 Å². The van der Waals surface area contributed by atoms with Crippen LogP contribution < -0.4 is 5.32 Å². The molecule has 3 heterocycles. The van der Waals surface area contributed by atoms with Crippen LogP contribution in [-0.2, 0) is 21.9 Å². The van der Waals surface area contributed by atoms with Crippen LogP contribution >= 0.6 is 0 Å². The van der Waals surface area contributed by atoms with E-state index in [9.17, 15) is 13.2 Å². The minimum absolute atomic E-state index is 0.0205. The third-order valence-electron chi connectivity index (χ3n) is 6.31. The Labute approximate surface area is 193 Å². The van der Waals surface area contributed by atoms with Crippen LogP contribution in [-0.4, -0.2) is 47.7 Å². The number of benzene rings is 2. The van der Waals surface area contributed by atoms with Gasteiger partial charge in [0.05, 0.1) is 0 Å². The van der Waals surface area contributed by atoms with Gasteiger partial charge in [0, 0.05) is 44.0 Å². The molecular weight excluding hydrogens is 438 g/mol. The molecule has 1 amide bonds. The van der Waals surface area contributed by atoms with E-state index in [2.05, 4.69) is 14.7 Å². The topological polar surface area (TPSA) is 96.7 Å². The molecule has 9 heteroatoms. The monoisotopic (exact) mass is 463 g/mol. The normalized spacial score (nSPS) is 18.5. The summed E-state index contributed by atoms with van der Waals surface area (Å²) in [6.45, 7) is 1.14. The molecule has 1 atom stereocenters. The second-order valence-corrected chi connectivity index (χ2v) is 9.97. The molecule has 1 fully saturated rings. The Morgan fingerprint density at radius 1 is 1.06 bits per heavy atom. The molecule has 1 N–H and O–H groups in total. The summed E-state index contributed by atoms with van der Waals surface area (Å²) in [6, 6.07) is 16.4. The molecule has 170 valence electrons. The van der Waals surface area contributed by atoms with E-state index in [1.165, 1.54) is 0 Å². The van der Waals surface area contributed by atoms with Crippen molar-refractivity contribution in [3.63, 3.8) is 0 Å². The Balaban J connectivity index is 1.30. The van der Waals surface area contributed by atoms with Crippen molar-refractivity contribution in [1.82, 2.24) is 19.8 Å². The summed E-state index contributed by atoms with van der Waals surface area (Å²) in [7, 11) is -1.74. The first-order valence-electron chi connectivity index (χ1n) is 11.0. The van der Waals surface area contributed by atoms with Crippen molar-refractivity contribution in [2.75, 3.05) is 13.1 Å². The van der Waals surface area contributed by atoms with E-state index in [-0.39, 0.29) is 22.8 Å². The molecule has 5 rings (SSSR count). The van der Waals surface area contributed by atoms with Crippen molar-refractivity contribution < 1.29 is 13.2 Å². The number of hydrogen-bond donors (Lipinski definition) is 1. The van der Waals surface area contributed by atoms with Crippen LogP contribution in [0.4, 0.5) is 0 Å². The number of hydrogen-bond acceptors (Lipinski definition) is 5. The fraction of sp³-hybridized carbons (Fsp3) is 0.292. The van der Waals surface area contributed by atoms with Crippen LogP contribution in [0.15, 0.2) is 76.3 Å². The quantitative estimate of drug-likeness (QED) is 0.641. The smallest absolute Gasteiger partial charge is 0.285 e. The van der Waals surface area contributed by atoms with E-state index in [0.29, 0.717) is 37.3 Å². The molecule has 3 aromatic rings. The van der Waals surface area contributed by atoms with Crippen molar-refractivity contribution in [3.05, 3.63) is 83.9 Å². The second kappa shape index (κ2) is 8.47. The van der Waals surface area contributed by atoms with Crippen LogP contribution in [0.1, 0.15) is 35.8 Å². The minimum atomic E-state index is -3.65. The van der Waals surface area contributed by atoms with E-state index in [1.807, 2.05) is 59.1 Å². The first kappa shape index (κ1) is 21.4. The third kappa shape index (κ3) is 4.04. The van der Waals surface area contributed by atoms with E-state index in [1.54, 1.807) is 24.4 Å². The van der Waals surface area contributed by atoms with Crippen molar-refractivity contribution in [3.8, 4) is 0 Å². The Kier molecular flexibility index (Phi) is 5.49. The van der Waals surface area contributed by atoms with Crippen LogP contribution in [0.3, 0.4) is 0 Å². The fourth-order valence-electron chi connectivity index (χ4n) is 4.53. The molecule has 0 bridgehead atoms. The highest BCUT2D eigenvalue weighted by Crippen LogP contribution is 2.30. The van der Waals surface area contributed by atoms with Gasteiger partial charge in [-0.15, -0.1) is 4.40 Å². The Bertz CT molecular complexity index is 1310. The number of amides is 1. The average molecular weight is 464 g/mol. The van der Waals surface area contributed by atoms with Crippen LogP contribution in [0.5, 0.6) is 0 Å². The highest BCUT2D eigenvalue weighted by atomic mass is 32.2. The summed E-state index contributed by atoms with van der Waals surface area (Å²) in [6.07, 6.45) is 4.83. The number of carbonyl (C=O) groups excluding carboxylic acids is 1. The summed E-state index contributed by atoms with van der Waals surface area (Å²) < 4.78 is 30.7. The SMILES string of the molecule is Cn1ccnc1C(NC(=O)C1CCN(C2=NS(=O)(=O)c3ccccc32)CC1)c1ccccc1. The van der Waals surface area contributed by atoms with Gasteiger partial charge in [-0.1, -0.05) is 42.5 Å². The molecule has 2 aliphatic rings. The van der Waals surface area contributed by atoms with E-state index >= 15 is 0 Å². The van der Waals surface area contributed by atoms with Crippen molar-refractivity contribution in [2.45, 2.75) is 23.8 Å². The molecule has 2 aliphatic heterocycles. The highest BCUT2D eigenvalue weighted by Gasteiger charge is 2.35. The average Bonchev–Trinajstić information content (AvgIpc) is 3.38. The Morgan fingerprint density at radius 3 is 2.45 bits per heavy atom. The van der Waals surface area contributed by atoms with Gasteiger partial charge in [-0.3, -0.25) is 4.79 Å². The fourth-order valence-corrected chi connectivity index (χ4v) is 5.76. The number of imidazole rings is 1. The van der Waals surface area contributed by atoms with Crippen molar-refractivity contribution in [2.24, 2.45) is 17.4 Å². The number of piperidine rings is 1. The zero-order valence-electron chi connectivity index (χ0n) is 18.3. The summed E-state index contributed by atoms with van der Waals surface area (Å²) in [5, 5.41) is 3.19. The Hall–Kier alpha value is -3.46. The first-order valence-corrected chi connectivity index (χ1v) is 12.4. The largest absolute Gasteiger partial charge is 0.355 e.